The molecule has 1 amide bonds. The van der Waals surface area contributed by atoms with Gasteiger partial charge in [-0.3, -0.25) is 4.79 Å². The number of fused-ring (bicyclic) bond motifs is 1. The topological polar surface area (TPSA) is 59.8 Å². The molecule has 29 heavy (non-hydrogen) atoms. The van der Waals surface area contributed by atoms with E-state index in [2.05, 4.69) is 20.1 Å². The fourth-order valence-corrected chi connectivity index (χ4v) is 4.36. The van der Waals surface area contributed by atoms with Crippen LogP contribution in [0.3, 0.4) is 0 Å². The molecule has 2 aromatic carbocycles. The maximum Gasteiger partial charge on any atom is 0.225 e. The standard InChI is InChI=1S/C22H23FN4OS/c23-18-9-3-4-10-19(18)29-14-12-21(28)24-17-8-6-7-16(15-17)22-26-25-20-11-2-1-5-13-27(20)22/h3-4,6-10,15H,1-2,5,11-14H2,(H,24,28). The van der Waals surface area contributed by atoms with Crippen LogP contribution in [0.2, 0.25) is 0 Å². The summed E-state index contributed by atoms with van der Waals surface area (Å²) in [6.07, 6.45) is 4.77. The lowest BCUT2D eigenvalue weighted by atomic mass is 10.2. The number of carbonyl (C=O) groups excluding carboxylic acids is 1. The summed E-state index contributed by atoms with van der Waals surface area (Å²) in [6.45, 7) is 0.932. The zero-order valence-electron chi connectivity index (χ0n) is 16.1. The first-order valence-electron chi connectivity index (χ1n) is 9.90. The normalized spacial score (nSPS) is 13.6. The number of amides is 1. The first kappa shape index (κ1) is 19.6. The van der Waals surface area contributed by atoms with Gasteiger partial charge in [-0.1, -0.05) is 30.7 Å². The van der Waals surface area contributed by atoms with Crippen LogP contribution in [0.4, 0.5) is 10.1 Å². The van der Waals surface area contributed by atoms with Crippen molar-refractivity contribution >= 4 is 23.4 Å². The summed E-state index contributed by atoms with van der Waals surface area (Å²) in [5, 5.41) is 11.7. The fourth-order valence-electron chi connectivity index (χ4n) is 3.47. The molecular formula is C22H23FN4OS. The van der Waals surface area contributed by atoms with Gasteiger partial charge in [0.2, 0.25) is 5.91 Å². The number of anilines is 1. The molecule has 1 aliphatic heterocycles. The van der Waals surface area contributed by atoms with Gasteiger partial charge >= 0.3 is 0 Å². The first-order chi connectivity index (χ1) is 14.2. The Morgan fingerprint density at radius 2 is 2.00 bits per heavy atom. The van der Waals surface area contributed by atoms with Crippen molar-refractivity contribution < 1.29 is 9.18 Å². The van der Waals surface area contributed by atoms with Gasteiger partial charge in [0.15, 0.2) is 5.82 Å². The third-order valence-corrected chi connectivity index (χ3v) is 5.99. The van der Waals surface area contributed by atoms with E-state index in [0.29, 0.717) is 17.1 Å². The molecule has 0 fully saturated rings. The second kappa shape index (κ2) is 9.22. The van der Waals surface area contributed by atoms with Crippen molar-refractivity contribution in [1.29, 1.82) is 0 Å². The monoisotopic (exact) mass is 410 g/mol. The largest absolute Gasteiger partial charge is 0.326 e. The molecule has 0 spiro atoms. The maximum atomic E-state index is 13.7. The van der Waals surface area contributed by atoms with Gasteiger partial charge in [0, 0.05) is 41.3 Å². The molecule has 2 heterocycles. The lowest BCUT2D eigenvalue weighted by Crippen LogP contribution is -2.12. The molecule has 1 aromatic heterocycles. The summed E-state index contributed by atoms with van der Waals surface area (Å²) in [6, 6.07) is 14.3. The molecule has 0 bridgehead atoms. The van der Waals surface area contributed by atoms with Crippen molar-refractivity contribution in [2.75, 3.05) is 11.1 Å². The third kappa shape index (κ3) is 4.85. The van der Waals surface area contributed by atoms with Crippen LogP contribution in [0.5, 0.6) is 0 Å². The van der Waals surface area contributed by atoms with E-state index in [1.165, 1.54) is 24.2 Å². The summed E-state index contributed by atoms with van der Waals surface area (Å²) in [5.41, 5.74) is 1.68. The molecule has 1 aliphatic rings. The summed E-state index contributed by atoms with van der Waals surface area (Å²) in [5.74, 6) is 2.07. The number of nitrogens with one attached hydrogen (secondary N) is 1. The van der Waals surface area contributed by atoms with Gasteiger partial charge in [0.05, 0.1) is 0 Å². The highest BCUT2D eigenvalue weighted by atomic mass is 32.2. The number of hydrogen-bond acceptors (Lipinski definition) is 4. The first-order valence-corrected chi connectivity index (χ1v) is 10.9. The van der Waals surface area contributed by atoms with Crippen molar-refractivity contribution in [3.63, 3.8) is 0 Å². The Bertz CT molecular complexity index is 1000. The van der Waals surface area contributed by atoms with Crippen molar-refractivity contribution in [3.8, 4) is 11.4 Å². The van der Waals surface area contributed by atoms with Crippen molar-refractivity contribution in [3.05, 3.63) is 60.2 Å². The SMILES string of the molecule is O=C(CCSc1ccccc1F)Nc1cccc(-c2nnc3n2CCCCC3)c1. The van der Waals surface area contributed by atoms with E-state index in [1.807, 2.05) is 24.3 Å². The Labute approximate surface area is 173 Å². The van der Waals surface area contributed by atoms with Crippen LogP contribution >= 0.6 is 11.8 Å². The minimum Gasteiger partial charge on any atom is -0.326 e. The number of aryl methyl sites for hydroxylation is 1. The highest BCUT2D eigenvalue weighted by molar-refractivity contribution is 7.99. The molecular weight excluding hydrogens is 387 g/mol. The molecule has 4 rings (SSSR count). The Balaban J connectivity index is 1.38. The minimum atomic E-state index is -0.252. The number of rotatable bonds is 6. The average Bonchev–Trinajstić information content (AvgIpc) is 2.98. The van der Waals surface area contributed by atoms with E-state index in [9.17, 15) is 9.18 Å². The zero-order valence-corrected chi connectivity index (χ0v) is 16.9. The number of nitrogens with zero attached hydrogens (tertiary/aromatic N) is 3. The van der Waals surface area contributed by atoms with Crippen LogP contribution in [-0.2, 0) is 17.8 Å². The summed E-state index contributed by atoms with van der Waals surface area (Å²) in [4.78, 5) is 12.9. The Kier molecular flexibility index (Phi) is 6.24. The van der Waals surface area contributed by atoms with Crippen LogP contribution in [-0.4, -0.2) is 26.4 Å². The van der Waals surface area contributed by atoms with Crippen LogP contribution in [0.25, 0.3) is 11.4 Å². The maximum absolute atomic E-state index is 13.7. The summed E-state index contributed by atoms with van der Waals surface area (Å²) < 4.78 is 15.8. The second-order valence-corrected chi connectivity index (χ2v) is 8.20. The van der Waals surface area contributed by atoms with Gasteiger partial charge in [-0.05, 0) is 37.1 Å². The predicted octanol–water partition coefficient (Wildman–Crippen LogP) is 4.93. The van der Waals surface area contributed by atoms with Gasteiger partial charge < -0.3 is 9.88 Å². The molecule has 0 saturated heterocycles. The predicted molar refractivity (Wildman–Crippen MR) is 113 cm³/mol. The van der Waals surface area contributed by atoms with Crippen molar-refractivity contribution in [1.82, 2.24) is 14.8 Å². The van der Waals surface area contributed by atoms with Gasteiger partial charge in [0.25, 0.3) is 0 Å². The van der Waals surface area contributed by atoms with Gasteiger partial charge in [-0.15, -0.1) is 22.0 Å². The number of halogens is 1. The van der Waals surface area contributed by atoms with Gasteiger partial charge in [-0.25, -0.2) is 4.39 Å². The molecule has 0 aliphatic carbocycles. The highest BCUT2D eigenvalue weighted by Crippen LogP contribution is 2.25. The van der Waals surface area contributed by atoms with Crippen LogP contribution in [0, 0.1) is 5.82 Å². The molecule has 5 nitrogen and oxygen atoms in total. The number of carbonyl (C=O) groups is 1. The van der Waals surface area contributed by atoms with Crippen molar-refractivity contribution in [2.45, 2.75) is 43.5 Å². The van der Waals surface area contributed by atoms with Gasteiger partial charge in [0.1, 0.15) is 11.6 Å². The van der Waals surface area contributed by atoms with E-state index in [0.717, 1.165) is 48.7 Å². The van der Waals surface area contributed by atoms with E-state index >= 15 is 0 Å². The third-order valence-electron chi connectivity index (χ3n) is 4.94. The molecule has 3 aromatic rings. The Morgan fingerprint density at radius 1 is 1.10 bits per heavy atom. The highest BCUT2D eigenvalue weighted by Gasteiger charge is 2.16. The minimum absolute atomic E-state index is 0.0916. The lowest BCUT2D eigenvalue weighted by Gasteiger charge is -2.09. The fraction of sp³-hybridized carbons (Fsp3) is 0.318. The molecule has 0 atom stereocenters. The molecule has 1 N–H and O–H groups in total. The molecule has 150 valence electrons. The number of hydrogen-bond donors (Lipinski definition) is 1. The lowest BCUT2D eigenvalue weighted by molar-refractivity contribution is -0.115. The zero-order chi connectivity index (χ0) is 20.1. The van der Waals surface area contributed by atoms with E-state index < -0.39 is 0 Å². The second-order valence-electron chi connectivity index (χ2n) is 7.06. The Morgan fingerprint density at radius 3 is 2.90 bits per heavy atom. The number of benzene rings is 2. The molecule has 0 unspecified atom stereocenters. The average molecular weight is 411 g/mol. The molecule has 7 heteroatoms. The van der Waals surface area contributed by atoms with Crippen LogP contribution < -0.4 is 5.32 Å². The van der Waals surface area contributed by atoms with E-state index in [1.54, 1.807) is 18.2 Å². The Hall–Kier alpha value is -2.67. The smallest absolute Gasteiger partial charge is 0.225 e. The summed E-state index contributed by atoms with van der Waals surface area (Å²) in [7, 11) is 0. The van der Waals surface area contributed by atoms with E-state index in [4.69, 9.17) is 0 Å². The van der Waals surface area contributed by atoms with E-state index in [-0.39, 0.29) is 11.7 Å². The van der Waals surface area contributed by atoms with Crippen LogP contribution in [0.1, 0.15) is 31.5 Å². The van der Waals surface area contributed by atoms with Gasteiger partial charge in [-0.2, -0.15) is 0 Å². The van der Waals surface area contributed by atoms with Crippen molar-refractivity contribution in [2.24, 2.45) is 0 Å². The van der Waals surface area contributed by atoms with Crippen LogP contribution in [0.15, 0.2) is 53.4 Å². The summed E-state index contributed by atoms with van der Waals surface area (Å²) >= 11 is 1.35. The number of aromatic nitrogens is 3. The molecule has 0 saturated carbocycles. The molecule has 0 radical (unpaired) electrons. The number of thioether (sulfide) groups is 1. The quantitative estimate of drug-likeness (QED) is 0.585.